The van der Waals surface area contributed by atoms with E-state index in [9.17, 15) is 4.79 Å². The molecule has 2 aromatic rings. The van der Waals surface area contributed by atoms with Gasteiger partial charge in [0.15, 0.2) is 0 Å². The molecule has 0 aliphatic heterocycles. The number of thiazole rings is 1. The van der Waals surface area contributed by atoms with Crippen molar-refractivity contribution < 1.29 is 4.79 Å². The molecule has 0 fully saturated rings. The Bertz CT molecular complexity index is 691. The van der Waals surface area contributed by atoms with E-state index in [2.05, 4.69) is 22.1 Å². The van der Waals surface area contributed by atoms with Gasteiger partial charge >= 0.3 is 0 Å². The molecule has 1 amide bonds. The first-order valence-electron chi connectivity index (χ1n) is 6.58. The van der Waals surface area contributed by atoms with Crippen molar-refractivity contribution in [3.8, 4) is 11.8 Å². The number of hydrogen-bond acceptors (Lipinski definition) is 5. The molecule has 6 heteroatoms. The van der Waals surface area contributed by atoms with Gasteiger partial charge in [0.25, 0.3) is 5.91 Å². The Kier molecular flexibility index (Phi) is 5.51. The molecule has 0 unspecified atom stereocenters. The molecule has 0 spiro atoms. The molecule has 0 saturated carbocycles. The molecular weight excluding hydrogens is 302 g/mol. The number of carbonyl (C=O) groups excluding carboxylic acids is 1. The summed E-state index contributed by atoms with van der Waals surface area (Å²) in [5.74, 6) is 5.74. The first kappa shape index (κ1) is 15.7. The molecule has 0 aromatic carbocycles. The molecule has 2 heterocycles. The van der Waals surface area contributed by atoms with Gasteiger partial charge in [-0.25, -0.2) is 4.98 Å². The monoisotopic (exact) mass is 319 g/mol. The van der Waals surface area contributed by atoms with Crippen molar-refractivity contribution in [3.63, 3.8) is 0 Å². The smallest absolute Gasteiger partial charge is 0.261 e. The van der Waals surface area contributed by atoms with Crippen LogP contribution in [-0.2, 0) is 6.42 Å². The number of nitrogens with one attached hydrogen (secondary N) is 1. The van der Waals surface area contributed by atoms with Gasteiger partial charge in [0.1, 0.15) is 0 Å². The highest BCUT2D eigenvalue weighted by atomic mass is 32.1. The summed E-state index contributed by atoms with van der Waals surface area (Å²) in [6.07, 6.45) is 0.750. The van der Waals surface area contributed by atoms with Crippen molar-refractivity contribution in [2.75, 3.05) is 13.1 Å². The average Bonchev–Trinajstić information content (AvgIpc) is 3.03. The van der Waals surface area contributed by atoms with E-state index in [0.717, 1.165) is 27.6 Å². The number of nitrogens with zero attached hydrogens (tertiary/aromatic N) is 1. The van der Waals surface area contributed by atoms with E-state index < -0.39 is 0 Å². The second-order valence-corrected chi connectivity index (χ2v) is 6.61. The average molecular weight is 319 g/mol. The van der Waals surface area contributed by atoms with Gasteiger partial charge in [0.2, 0.25) is 0 Å². The molecule has 0 aliphatic rings. The van der Waals surface area contributed by atoms with E-state index in [4.69, 9.17) is 5.73 Å². The third-order valence-electron chi connectivity index (χ3n) is 2.78. The number of thiophene rings is 1. The molecule has 0 atom stereocenters. The van der Waals surface area contributed by atoms with Crippen LogP contribution < -0.4 is 11.1 Å². The molecule has 3 N–H and O–H groups in total. The Balaban J connectivity index is 1.91. The summed E-state index contributed by atoms with van der Waals surface area (Å²) < 4.78 is 0. The normalized spacial score (nSPS) is 10.0. The van der Waals surface area contributed by atoms with Gasteiger partial charge < -0.3 is 11.1 Å². The number of hydrogen-bond donors (Lipinski definition) is 2. The lowest BCUT2D eigenvalue weighted by Crippen LogP contribution is -2.24. The maximum absolute atomic E-state index is 12.1. The lowest BCUT2D eigenvalue weighted by molar-refractivity contribution is 0.0958. The molecule has 21 heavy (non-hydrogen) atoms. The maximum Gasteiger partial charge on any atom is 0.261 e. The second kappa shape index (κ2) is 7.36. The fraction of sp³-hybridized carbons (Fsp3) is 0.333. The fourth-order valence-corrected chi connectivity index (χ4v) is 3.37. The van der Waals surface area contributed by atoms with Crippen LogP contribution >= 0.6 is 22.7 Å². The molecule has 0 bridgehead atoms. The van der Waals surface area contributed by atoms with Gasteiger partial charge in [-0.05, 0) is 25.5 Å². The Morgan fingerprint density at radius 2 is 2.29 bits per heavy atom. The van der Waals surface area contributed by atoms with Gasteiger partial charge in [-0.1, -0.05) is 11.8 Å². The highest BCUT2D eigenvalue weighted by molar-refractivity contribution is 7.14. The summed E-state index contributed by atoms with van der Waals surface area (Å²) in [6.45, 7) is 4.84. The number of carbonyl (C=O) groups is 1. The Hall–Kier alpha value is -1.68. The molecule has 2 rings (SSSR count). The summed E-state index contributed by atoms with van der Waals surface area (Å²) >= 11 is 3.03. The third-order valence-corrected chi connectivity index (χ3v) is 4.75. The molecule has 0 radical (unpaired) electrons. The molecule has 110 valence electrons. The van der Waals surface area contributed by atoms with Crippen LogP contribution in [0.5, 0.6) is 0 Å². The van der Waals surface area contributed by atoms with E-state index in [-0.39, 0.29) is 5.91 Å². The van der Waals surface area contributed by atoms with Crippen LogP contribution in [0.15, 0.2) is 11.4 Å². The number of nitrogens with two attached hydrogens (primary N) is 1. The van der Waals surface area contributed by atoms with E-state index in [1.54, 1.807) is 11.3 Å². The topological polar surface area (TPSA) is 68.0 Å². The standard InChI is InChI=1S/C15H17N3OS2/c1-10-8-14(21-13(10)4-3-6-16)15(19)17-7-5-12-9-20-11(2)18-12/h8-9H,5-7,16H2,1-2H3,(H,17,19). The van der Waals surface area contributed by atoms with Gasteiger partial charge in [-0.3, -0.25) is 4.79 Å². The van der Waals surface area contributed by atoms with Crippen molar-refractivity contribution in [2.24, 2.45) is 5.73 Å². The lowest BCUT2D eigenvalue weighted by atomic mass is 10.2. The highest BCUT2D eigenvalue weighted by Crippen LogP contribution is 2.20. The summed E-state index contributed by atoms with van der Waals surface area (Å²) in [6, 6.07) is 1.87. The summed E-state index contributed by atoms with van der Waals surface area (Å²) in [4.78, 5) is 18.0. The lowest BCUT2D eigenvalue weighted by Gasteiger charge is -2.01. The van der Waals surface area contributed by atoms with Gasteiger partial charge in [-0.2, -0.15) is 0 Å². The number of aromatic nitrogens is 1. The maximum atomic E-state index is 12.1. The highest BCUT2D eigenvalue weighted by Gasteiger charge is 2.11. The largest absolute Gasteiger partial charge is 0.351 e. The van der Waals surface area contributed by atoms with Gasteiger partial charge in [0, 0.05) is 18.3 Å². The fourth-order valence-electron chi connectivity index (χ4n) is 1.76. The Morgan fingerprint density at radius 1 is 1.48 bits per heavy atom. The van der Waals surface area contributed by atoms with E-state index in [1.165, 1.54) is 11.3 Å². The van der Waals surface area contributed by atoms with Crippen molar-refractivity contribution in [3.05, 3.63) is 37.5 Å². The van der Waals surface area contributed by atoms with Gasteiger partial charge in [0.05, 0.1) is 27.0 Å². The minimum Gasteiger partial charge on any atom is -0.351 e. The zero-order chi connectivity index (χ0) is 15.2. The van der Waals surface area contributed by atoms with Crippen molar-refractivity contribution >= 4 is 28.6 Å². The van der Waals surface area contributed by atoms with Crippen LogP contribution in [0.4, 0.5) is 0 Å². The first-order valence-corrected chi connectivity index (χ1v) is 8.28. The van der Waals surface area contributed by atoms with Crippen LogP contribution in [0.3, 0.4) is 0 Å². The Morgan fingerprint density at radius 3 is 2.95 bits per heavy atom. The van der Waals surface area contributed by atoms with E-state index in [1.807, 2.05) is 25.3 Å². The van der Waals surface area contributed by atoms with Crippen molar-refractivity contribution in [1.82, 2.24) is 10.3 Å². The zero-order valence-electron chi connectivity index (χ0n) is 12.0. The van der Waals surface area contributed by atoms with Crippen molar-refractivity contribution in [2.45, 2.75) is 20.3 Å². The molecule has 4 nitrogen and oxygen atoms in total. The summed E-state index contributed by atoms with van der Waals surface area (Å²) in [7, 11) is 0. The predicted octanol–water partition coefficient (Wildman–Crippen LogP) is 2.10. The predicted molar refractivity (Wildman–Crippen MR) is 87.9 cm³/mol. The molecule has 2 aromatic heterocycles. The first-order chi connectivity index (χ1) is 10.1. The third kappa shape index (κ3) is 4.39. The minimum atomic E-state index is -0.0594. The Labute approximate surface area is 132 Å². The van der Waals surface area contributed by atoms with Gasteiger partial charge in [-0.15, -0.1) is 22.7 Å². The van der Waals surface area contributed by atoms with E-state index in [0.29, 0.717) is 18.0 Å². The summed E-state index contributed by atoms with van der Waals surface area (Å²) in [5, 5.41) is 5.99. The zero-order valence-corrected chi connectivity index (χ0v) is 13.7. The molecule has 0 aliphatic carbocycles. The van der Waals surface area contributed by atoms with Crippen LogP contribution in [-0.4, -0.2) is 24.0 Å². The van der Waals surface area contributed by atoms with Crippen LogP contribution in [0.2, 0.25) is 0 Å². The van der Waals surface area contributed by atoms with Crippen molar-refractivity contribution in [1.29, 1.82) is 0 Å². The van der Waals surface area contributed by atoms with Crippen LogP contribution in [0.1, 0.15) is 30.8 Å². The quantitative estimate of drug-likeness (QED) is 0.848. The summed E-state index contributed by atoms with van der Waals surface area (Å²) in [5.41, 5.74) is 7.40. The van der Waals surface area contributed by atoms with Crippen LogP contribution in [0, 0.1) is 25.7 Å². The number of amides is 1. The number of rotatable bonds is 4. The van der Waals surface area contributed by atoms with Crippen LogP contribution in [0.25, 0.3) is 0 Å². The number of aryl methyl sites for hydroxylation is 2. The second-order valence-electron chi connectivity index (χ2n) is 4.49. The molecule has 0 saturated heterocycles. The molecular formula is C15H17N3OS2. The SMILES string of the molecule is Cc1nc(CCNC(=O)c2cc(C)c(C#CCN)s2)cs1. The minimum absolute atomic E-state index is 0.0594. The van der Waals surface area contributed by atoms with E-state index >= 15 is 0 Å².